The van der Waals surface area contributed by atoms with E-state index in [9.17, 15) is 14.4 Å². The molecule has 1 spiro atoms. The van der Waals surface area contributed by atoms with Crippen molar-refractivity contribution in [2.24, 2.45) is 5.41 Å². The summed E-state index contributed by atoms with van der Waals surface area (Å²) in [6, 6.07) is 3.21. The third kappa shape index (κ3) is 4.33. The first-order chi connectivity index (χ1) is 14.0. The summed E-state index contributed by atoms with van der Waals surface area (Å²) in [5, 5.41) is 0. The van der Waals surface area contributed by atoms with E-state index < -0.39 is 0 Å². The monoisotopic (exact) mass is 399 g/mol. The van der Waals surface area contributed by atoms with Crippen LogP contribution in [0.3, 0.4) is 0 Å². The number of piperidine rings is 2. The molecule has 0 radical (unpaired) electrons. The van der Waals surface area contributed by atoms with E-state index in [-0.39, 0.29) is 35.1 Å². The maximum atomic E-state index is 13.1. The Bertz CT molecular complexity index is 786. The van der Waals surface area contributed by atoms with Gasteiger partial charge in [-0.05, 0) is 44.2 Å². The van der Waals surface area contributed by atoms with Gasteiger partial charge in [0.15, 0.2) is 0 Å². The third-order valence-corrected chi connectivity index (χ3v) is 6.51. The van der Waals surface area contributed by atoms with Crippen molar-refractivity contribution >= 4 is 17.6 Å². The highest BCUT2D eigenvalue weighted by Gasteiger charge is 2.44. The number of aromatic nitrogens is 1. The van der Waals surface area contributed by atoms with Gasteiger partial charge in [0.1, 0.15) is 11.8 Å². The van der Waals surface area contributed by atoms with E-state index in [1.807, 2.05) is 21.9 Å². The van der Waals surface area contributed by atoms with E-state index >= 15 is 0 Å². The van der Waals surface area contributed by atoms with Gasteiger partial charge in [0.25, 0.3) is 0 Å². The molecule has 3 aliphatic rings. The van der Waals surface area contributed by atoms with Gasteiger partial charge < -0.3 is 9.80 Å². The Kier molecular flexibility index (Phi) is 5.65. The molecule has 3 aliphatic heterocycles. The van der Waals surface area contributed by atoms with Crippen LogP contribution in [0.25, 0.3) is 0 Å². The summed E-state index contributed by atoms with van der Waals surface area (Å²) in [4.78, 5) is 45.2. The highest BCUT2D eigenvalue weighted by atomic mass is 16.2. The average Bonchev–Trinajstić information content (AvgIpc) is 3.22. The minimum Gasteiger partial charge on any atom is -0.341 e. The van der Waals surface area contributed by atoms with Gasteiger partial charge in [-0.3, -0.25) is 19.4 Å². The molecule has 0 aromatic carbocycles. The first-order valence-electron chi connectivity index (χ1n) is 10.4. The van der Waals surface area contributed by atoms with Crippen molar-refractivity contribution in [2.45, 2.75) is 57.7 Å². The lowest BCUT2D eigenvalue weighted by Crippen LogP contribution is -2.57. The van der Waals surface area contributed by atoms with Gasteiger partial charge in [-0.15, -0.1) is 0 Å². The van der Waals surface area contributed by atoms with Gasteiger partial charge in [-0.25, -0.2) is 10.9 Å². The predicted octanol–water partition coefficient (Wildman–Crippen LogP) is 0.637. The molecule has 1 aromatic rings. The van der Waals surface area contributed by atoms with Gasteiger partial charge >= 0.3 is 0 Å². The maximum Gasteiger partial charge on any atom is 0.241 e. The average molecular weight is 399 g/mol. The number of carbonyl (C=O) groups is 3. The molecule has 0 bridgehead atoms. The van der Waals surface area contributed by atoms with Crippen LogP contribution in [-0.4, -0.2) is 64.1 Å². The number of hydrazine groups is 1. The molecule has 8 nitrogen and oxygen atoms in total. The molecule has 3 saturated heterocycles. The molecule has 3 unspecified atom stereocenters. The Morgan fingerprint density at radius 3 is 2.79 bits per heavy atom. The Hall–Kier alpha value is -2.32. The molecule has 4 rings (SSSR count). The number of nitrogens with zero attached hydrogens (tertiary/aromatic N) is 3. The zero-order valence-electron chi connectivity index (χ0n) is 16.9. The number of likely N-dealkylation sites (tertiary alicyclic amines) is 2. The van der Waals surface area contributed by atoms with E-state index in [0.29, 0.717) is 32.5 Å². The molecular formula is C21H29N5O3. The number of ketones is 1. The minimum atomic E-state index is -0.365. The largest absolute Gasteiger partial charge is 0.341 e. The van der Waals surface area contributed by atoms with E-state index in [0.717, 1.165) is 31.4 Å². The lowest BCUT2D eigenvalue weighted by atomic mass is 9.73. The number of hydrogen-bond donors (Lipinski definition) is 2. The van der Waals surface area contributed by atoms with Gasteiger partial charge in [0.2, 0.25) is 11.8 Å². The van der Waals surface area contributed by atoms with Crippen LogP contribution in [0.5, 0.6) is 0 Å². The first kappa shape index (κ1) is 20.0. The van der Waals surface area contributed by atoms with Crippen LogP contribution in [-0.2, 0) is 20.9 Å². The molecule has 0 saturated carbocycles. The van der Waals surface area contributed by atoms with Crippen LogP contribution in [0.2, 0.25) is 0 Å². The number of rotatable bonds is 4. The fourth-order valence-electron chi connectivity index (χ4n) is 4.89. The van der Waals surface area contributed by atoms with Crippen molar-refractivity contribution in [1.29, 1.82) is 0 Å². The van der Waals surface area contributed by atoms with Crippen molar-refractivity contribution in [1.82, 2.24) is 25.6 Å². The predicted molar refractivity (Wildman–Crippen MR) is 106 cm³/mol. The molecule has 8 heteroatoms. The molecule has 2 amide bonds. The van der Waals surface area contributed by atoms with Crippen molar-refractivity contribution in [3.05, 3.63) is 30.1 Å². The topological polar surface area (TPSA) is 94.6 Å². The molecule has 29 heavy (non-hydrogen) atoms. The zero-order chi connectivity index (χ0) is 20.4. The lowest BCUT2D eigenvalue weighted by Gasteiger charge is -2.48. The molecule has 3 fully saturated rings. The fourth-order valence-corrected chi connectivity index (χ4v) is 4.89. The number of amides is 2. The summed E-state index contributed by atoms with van der Waals surface area (Å²) >= 11 is 0. The number of nitrogens with one attached hydrogen (secondary N) is 2. The van der Waals surface area contributed by atoms with Crippen LogP contribution in [0.1, 0.15) is 44.6 Å². The van der Waals surface area contributed by atoms with Crippen LogP contribution in [0.4, 0.5) is 0 Å². The van der Waals surface area contributed by atoms with Crippen molar-refractivity contribution in [3.63, 3.8) is 0 Å². The van der Waals surface area contributed by atoms with Gasteiger partial charge in [0.05, 0.1) is 6.04 Å². The molecule has 3 atom stereocenters. The van der Waals surface area contributed by atoms with Crippen molar-refractivity contribution in [2.75, 3.05) is 19.6 Å². The molecule has 0 aliphatic carbocycles. The molecule has 156 valence electrons. The fraction of sp³-hybridized carbons (Fsp3) is 0.619. The molecule has 4 heterocycles. The highest BCUT2D eigenvalue weighted by Crippen LogP contribution is 2.39. The normalized spacial score (nSPS) is 30.0. The summed E-state index contributed by atoms with van der Waals surface area (Å²) in [5.74, 6) is 0.268. The second-order valence-corrected chi connectivity index (χ2v) is 8.71. The lowest BCUT2D eigenvalue weighted by molar-refractivity contribution is -0.144. The summed E-state index contributed by atoms with van der Waals surface area (Å²) in [5.41, 5.74) is 6.90. The minimum absolute atomic E-state index is 0.0414. The van der Waals surface area contributed by atoms with Crippen LogP contribution in [0, 0.1) is 5.41 Å². The number of hydrogen-bond acceptors (Lipinski definition) is 6. The van der Waals surface area contributed by atoms with E-state index in [4.69, 9.17) is 0 Å². The summed E-state index contributed by atoms with van der Waals surface area (Å²) in [6.07, 6.45) is 7.34. The van der Waals surface area contributed by atoms with Gasteiger partial charge in [-0.1, -0.05) is 6.07 Å². The number of pyridine rings is 1. The first-order valence-corrected chi connectivity index (χ1v) is 10.4. The third-order valence-electron chi connectivity index (χ3n) is 6.51. The quantitative estimate of drug-likeness (QED) is 0.772. The smallest absolute Gasteiger partial charge is 0.241 e. The highest BCUT2D eigenvalue weighted by molar-refractivity contribution is 5.86. The maximum absolute atomic E-state index is 13.1. The zero-order valence-corrected chi connectivity index (χ0v) is 16.9. The van der Waals surface area contributed by atoms with E-state index in [1.165, 1.54) is 6.92 Å². The molecule has 1 aromatic heterocycles. The summed E-state index contributed by atoms with van der Waals surface area (Å²) < 4.78 is 0. The van der Waals surface area contributed by atoms with Gasteiger partial charge in [-0.2, -0.15) is 0 Å². The van der Waals surface area contributed by atoms with Crippen LogP contribution >= 0.6 is 0 Å². The SMILES string of the molecule is CC(=O)C1CC(C(=O)N2CCCC3(CCC(=O)N(Cc4cccnc4)C3)C2)NN1. The van der Waals surface area contributed by atoms with Crippen LogP contribution < -0.4 is 10.9 Å². The Balaban J connectivity index is 1.42. The van der Waals surface area contributed by atoms with Gasteiger partial charge in [0, 0.05) is 50.4 Å². The summed E-state index contributed by atoms with van der Waals surface area (Å²) in [6.45, 7) is 4.19. The van der Waals surface area contributed by atoms with E-state index in [1.54, 1.807) is 12.4 Å². The van der Waals surface area contributed by atoms with Crippen LogP contribution in [0.15, 0.2) is 24.5 Å². The van der Waals surface area contributed by atoms with Crippen molar-refractivity contribution < 1.29 is 14.4 Å². The second kappa shape index (κ2) is 8.20. The van der Waals surface area contributed by atoms with Crippen molar-refractivity contribution in [3.8, 4) is 0 Å². The summed E-state index contributed by atoms with van der Waals surface area (Å²) in [7, 11) is 0. The standard InChI is InChI=1S/C21H29N5O3/c1-15(27)17-10-18(24-23-17)20(29)25-9-3-6-21(13-25)7-5-19(28)26(14-21)12-16-4-2-8-22-11-16/h2,4,8,11,17-18,23-24H,3,5-7,9-10,12-14H2,1H3. The number of Topliss-reactive ketones (excluding diaryl/α,β-unsaturated/α-hetero) is 1. The molecule has 2 N–H and O–H groups in total. The Labute approximate surface area is 171 Å². The molecular weight excluding hydrogens is 370 g/mol. The Morgan fingerprint density at radius 1 is 1.24 bits per heavy atom. The number of carbonyl (C=O) groups excluding carboxylic acids is 3. The Morgan fingerprint density at radius 2 is 2.07 bits per heavy atom. The van der Waals surface area contributed by atoms with E-state index in [2.05, 4.69) is 15.8 Å². The second-order valence-electron chi connectivity index (χ2n) is 8.71.